The van der Waals surface area contributed by atoms with Gasteiger partial charge in [0.15, 0.2) is 0 Å². The number of nitrogens with zero attached hydrogens (tertiary/aromatic N) is 2. The molecule has 31 heavy (non-hydrogen) atoms. The summed E-state index contributed by atoms with van der Waals surface area (Å²) in [5, 5.41) is 2.71. The number of allylic oxidation sites excluding steroid dienone is 2. The lowest BCUT2D eigenvalue weighted by Crippen LogP contribution is -2.46. The second-order valence-electron chi connectivity index (χ2n) is 7.93. The molecule has 1 N–H and O–H groups in total. The summed E-state index contributed by atoms with van der Waals surface area (Å²) in [6, 6.07) is 3.56. The quantitative estimate of drug-likeness (QED) is 0.510. The largest absolute Gasteiger partial charge is 0.324 e. The number of nitrogens with one attached hydrogen (secondary N) is 1. The summed E-state index contributed by atoms with van der Waals surface area (Å²) in [5.74, 6) is -1.99. The number of carbonyl (C=O) groups excluding carboxylic acids is 3. The van der Waals surface area contributed by atoms with E-state index in [0.717, 1.165) is 4.90 Å². The average Bonchev–Trinajstić information content (AvgIpc) is 3.00. The van der Waals surface area contributed by atoms with Crippen molar-refractivity contribution in [3.8, 4) is 0 Å². The number of benzene rings is 1. The summed E-state index contributed by atoms with van der Waals surface area (Å²) >= 11 is 0. The number of amides is 3. The molecule has 9 heteroatoms. The van der Waals surface area contributed by atoms with E-state index < -0.39 is 33.8 Å². The molecule has 0 saturated carbocycles. The molecule has 1 aliphatic carbocycles. The van der Waals surface area contributed by atoms with Crippen LogP contribution in [-0.2, 0) is 24.4 Å². The normalized spacial score (nSPS) is 22.0. The summed E-state index contributed by atoms with van der Waals surface area (Å²) in [6.45, 7) is 7.46. The number of anilines is 1. The molecule has 1 aromatic rings. The Balaban J connectivity index is 1.82. The number of fused-ring (bicyclic) bond motifs is 1. The number of rotatable bonds is 7. The van der Waals surface area contributed by atoms with Crippen LogP contribution in [0, 0.1) is 18.8 Å². The highest BCUT2D eigenvalue weighted by Crippen LogP contribution is 2.36. The minimum Gasteiger partial charge on any atom is -0.324 e. The van der Waals surface area contributed by atoms with E-state index in [1.807, 2.05) is 12.2 Å². The van der Waals surface area contributed by atoms with E-state index in [1.54, 1.807) is 26.8 Å². The lowest BCUT2D eigenvalue weighted by atomic mass is 9.85. The number of aryl methyl sites for hydroxylation is 1. The topological polar surface area (TPSA) is 104 Å². The Labute approximate surface area is 183 Å². The van der Waals surface area contributed by atoms with Crippen molar-refractivity contribution in [3.63, 3.8) is 0 Å². The number of carbonyl (C=O) groups is 3. The predicted octanol–water partition coefficient (Wildman–Crippen LogP) is 2.30. The zero-order valence-corrected chi connectivity index (χ0v) is 19.1. The molecule has 1 saturated heterocycles. The third-order valence-corrected chi connectivity index (χ3v) is 8.16. The van der Waals surface area contributed by atoms with E-state index in [1.165, 1.54) is 23.4 Å². The maximum Gasteiger partial charge on any atom is 0.247 e. The molecule has 0 spiro atoms. The zero-order valence-electron chi connectivity index (χ0n) is 18.3. The standard InChI is InChI=1S/C22H29N3O5S/c1-5-24(6-2)31(29,30)16-12-11-14(3)19(13-16)23-20(26)15(4)25-21(27)17-9-7-8-10-18(17)22(25)28/h7-8,11-13,15,17-18H,5-6,9-10H2,1-4H3,(H,23,26). The minimum atomic E-state index is -3.69. The maximum absolute atomic E-state index is 12.9. The van der Waals surface area contributed by atoms with E-state index in [0.29, 0.717) is 37.2 Å². The first-order valence-electron chi connectivity index (χ1n) is 10.6. The first kappa shape index (κ1) is 23.1. The Morgan fingerprint density at radius 3 is 2.19 bits per heavy atom. The van der Waals surface area contributed by atoms with E-state index in [2.05, 4.69) is 5.32 Å². The van der Waals surface area contributed by atoms with Gasteiger partial charge in [0.2, 0.25) is 27.7 Å². The van der Waals surface area contributed by atoms with Crippen molar-refractivity contribution in [1.29, 1.82) is 0 Å². The summed E-state index contributed by atoms with van der Waals surface area (Å²) in [7, 11) is -3.69. The third-order valence-electron chi connectivity index (χ3n) is 6.12. The van der Waals surface area contributed by atoms with Gasteiger partial charge in [-0.1, -0.05) is 32.1 Å². The highest BCUT2D eigenvalue weighted by molar-refractivity contribution is 7.89. The van der Waals surface area contributed by atoms with Crippen LogP contribution in [0.1, 0.15) is 39.2 Å². The summed E-state index contributed by atoms with van der Waals surface area (Å²) in [6.07, 6.45) is 4.80. The maximum atomic E-state index is 12.9. The molecule has 168 valence electrons. The van der Waals surface area contributed by atoms with Gasteiger partial charge in [-0.15, -0.1) is 0 Å². The number of likely N-dealkylation sites (tertiary alicyclic amines) is 1. The minimum absolute atomic E-state index is 0.0789. The summed E-state index contributed by atoms with van der Waals surface area (Å²) in [5.41, 5.74) is 1.01. The number of hydrogen-bond donors (Lipinski definition) is 1. The molecule has 3 rings (SSSR count). The van der Waals surface area contributed by atoms with Crippen LogP contribution < -0.4 is 5.32 Å². The molecule has 1 aromatic carbocycles. The first-order valence-corrected chi connectivity index (χ1v) is 12.0. The molecular formula is C22H29N3O5S. The Kier molecular flexibility index (Phi) is 6.66. The van der Waals surface area contributed by atoms with E-state index in [9.17, 15) is 22.8 Å². The highest BCUT2D eigenvalue weighted by Gasteiger charge is 2.50. The summed E-state index contributed by atoms with van der Waals surface area (Å²) in [4.78, 5) is 39.6. The lowest BCUT2D eigenvalue weighted by molar-refractivity contribution is -0.146. The van der Waals surface area contributed by atoms with Crippen molar-refractivity contribution in [3.05, 3.63) is 35.9 Å². The average molecular weight is 448 g/mol. The second kappa shape index (κ2) is 8.92. The van der Waals surface area contributed by atoms with Crippen molar-refractivity contribution in [2.24, 2.45) is 11.8 Å². The van der Waals surface area contributed by atoms with E-state index in [4.69, 9.17) is 0 Å². The molecule has 0 aromatic heterocycles. The van der Waals surface area contributed by atoms with Crippen molar-refractivity contribution in [1.82, 2.24) is 9.21 Å². The van der Waals surface area contributed by atoms with Crippen LogP contribution in [0.3, 0.4) is 0 Å². The Hall–Kier alpha value is -2.52. The molecule has 1 fully saturated rings. The number of sulfonamides is 1. The van der Waals surface area contributed by atoms with Crippen molar-refractivity contribution in [2.75, 3.05) is 18.4 Å². The Morgan fingerprint density at radius 1 is 1.13 bits per heavy atom. The second-order valence-corrected chi connectivity index (χ2v) is 9.87. The SMILES string of the molecule is CCN(CC)S(=O)(=O)c1ccc(C)c(NC(=O)C(C)N2C(=O)C3CC=CCC3C2=O)c1. The molecule has 3 amide bonds. The van der Waals surface area contributed by atoms with Crippen LogP contribution in [-0.4, -0.2) is 54.5 Å². The van der Waals surface area contributed by atoms with E-state index in [-0.39, 0.29) is 16.7 Å². The lowest BCUT2D eigenvalue weighted by Gasteiger charge is -2.23. The van der Waals surface area contributed by atoms with Crippen LogP contribution in [0.5, 0.6) is 0 Å². The van der Waals surface area contributed by atoms with Gasteiger partial charge in [0.1, 0.15) is 6.04 Å². The molecule has 1 aliphatic heterocycles. The van der Waals surface area contributed by atoms with Gasteiger partial charge in [0, 0.05) is 18.8 Å². The molecule has 3 atom stereocenters. The summed E-state index contributed by atoms with van der Waals surface area (Å²) < 4.78 is 27.0. The van der Waals surface area contributed by atoms with Gasteiger partial charge in [-0.05, 0) is 44.4 Å². The van der Waals surface area contributed by atoms with Crippen molar-refractivity contribution >= 4 is 33.4 Å². The fraction of sp³-hybridized carbons (Fsp3) is 0.500. The fourth-order valence-corrected chi connectivity index (χ4v) is 5.66. The molecule has 2 aliphatic rings. The van der Waals surface area contributed by atoms with Crippen LogP contribution in [0.15, 0.2) is 35.2 Å². The smallest absolute Gasteiger partial charge is 0.247 e. The van der Waals surface area contributed by atoms with E-state index >= 15 is 0 Å². The highest BCUT2D eigenvalue weighted by atomic mass is 32.2. The van der Waals surface area contributed by atoms with Crippen LogP contribution >= 0.6 is 0 Å². The van der Waals surface area contributed by atoms with Gasteiger partial charge in [-0.2, -0.15) is 4.31 Å². The van der Waals surface area contributed by atoms with Crippen molar-refractivity contribution < 1.29 is 22.8 Å². The third kappa shape index (κ3) is 4.16. The Morgan fingerprint density at radius 2 is 1.68 bits per heavy atom. The van der Waals surface area contributed by atoms with Gasteiger partial charge in [0.05, 0.1) is 16.7 Å². The van der Waals surface area contributed by atoms with Gasteiger partial charge in [-0.25, -0.2) is 8.42 Å². The van der Waals surface area contributed by atoms with Gasteiger partial charge < -0.3 is 5.32 Å². The predicted molar refractivity (Wildman–Crippen MR) is 117 cm³/mol. The fourth-order valence-electron chi connectivity index (χ4n) is 4.17. The van der Waals surface area contributed by atoms with Gasteiger partial charge in [0.25, 0.3) is 0 Å². The molecule has 8 nitrogen and oxygen atoms in total. The number of imide groups is 1. The molecule has 3 unspecified atom stereocenters. The Bertz CT molecular complexity index is 1000. The molecule has 1 heterocycles. The first-order chi connectivity index (χ1) is 14.6. The van der Waals surface area contributed by atoms with Gasteiger partial charge >= 0.3 is 0 Å². The zero-order chi connectivity index (χ0) is 22.9. The molecule has 0 bridgehead atoms. The molecular weight excluding hydrogens is 418 g/mol. The van der Waals surface area contributed by atoms with Crippen molar-refractivity contribution in [2.45, 2.75) is 51.5 Å². The molecule has 0 radical (unpaired) electrons. The van der Waals surface area contributed by atoms with Crippen LogP contribution in [0.4, 0.5) is 5.69 Å². The van der Waals surface area contributed by atoms with Crippen LogP contribution in [0.2, 0.25) is 0 Å². The van der Waals surface area contributed by atoms with Gasteiger partial charge in [-0.3, -0.25) is 19.3 Å². The van der Waals surface area contributed by atoms with Crippen LogP contribution in [0.25, 0.3) is 0 Å². The number of hydrogen-bond acceptors (Lipinski definition) is 5. The monoisotopic (exact) mass is 447 g/mol.